The first-order chi connectivity index (χ1) is 12.2. The predicted molar refractivity (Wildman–Crippen MR) is 119 cm³/mol. The molecule has 3 rings (SSSR count). The number of likely N-dealkylation sites (tertiary alicyclic amines) is 1. The second-order valence-electron chi connectivity index (χ2n) is 7.44. The van der Waals surface area contributed by atoms with Crippen LogP contribution in [0.4, 0.5) is 0 Å². The van der Waals surface area contributed by atoms with E-state index in [-0.39, 0.29) is 30.1 Å². The minimum Gasteiger partial charge on any atom is -0.488 e. The van der Waals surface area contributed by atoms with E-state index in [4.69, 9.17) is 4.74 Å². The van der Waals surface area contributed by atoms with Crippen molar-refractivity contribution in [2.45, 2.75) is 45.3 Å². The van der Waals surface area contributed by atoms with Gasteiger partial charge in [-0.25, -0.2) is 0 Å². The molecule has 1 aromatic carbocycles. The molecule has 1 saturated heterocycles. The molecule has 0 aromatic heterocycles. The van der Waals surface area contributed by atoms with Crippen molar-refractivity contribution in [3.63, 3.8) is 0 Å². The Balaban J connectivity index is 0.00000243. The largest absolute Gasteiger partial charge is 0.488 e. The van der Waals surface area contributed by atoms with Gasteiger partial charge in [0.05, 0.1) is 6.54 Å². The van der Waals surface area contributed by atoms with Gasteiger partial charge in [-0.05, 0) is 43.5 Å². The molecule has 146 valence electrons. The van der Waals surface area contributed by atoms with Gasteiger partial charge in [0.2, 0.25) is 0 Å². The van der Waals surface area contributed by atoms with Crippen molar-refractivity contribution in [1.29, 1.82) is 0 Å². The van der Waals surface area contributed by atoms with Gasteiger partial charge in [0.25, 0.3) is 0 Å². The number of benzene rings is 1. The first kappa shape index (κ1) is 21.3. The highest BCUT2D eigenvalue weighted by Crippen LogP contribution is 2.27. The van der Waals surface area contributed by atoms with Crippen molar-refractivity contribution in [1.82, 2.24) is 15.5 Å². The first-order valence-corrected chi connectivity index (χ1v) is 9.60. The number of nitrogens with one attached hydrogen (secondary N) is 2. The first-order valence-electron chi connectivity index (χ1n) is 9.60. The fourth-order valence-electron chi connectivity index (χ4n) is 3.86. The zero-order chi connectivity index (χ0) is 17.6. The average Bonchev–Trinajstić information content (AvgIpc) is 3.26. The molecule has 0 aliphatic carbocycles. The van der Waals surface area contributed by atoms with Gasteiger partial charge in [0.15, 0.2) is 5.96 Å². The van der Waals surface area contributed by atoms with Gasteiger partial charge >= 0.3 is 0 Å². The van der Waals surface area contributed by atoms with Crippen molar-refractivity contribution in [2.75, 3.05) is 33.2 Å². The molecule has 0 spiro atoms. The number of aliphatic imine (C=N–C) groups is 1. The van der Waals surface area contributed by atoms with Gasteiger partial charge in [-0.3, -0.25) is 9.89 Å². The third kappa shape index (κ3) is 5.49. The summed E-state index contributed by atoms with van der Waals surface area (Å²) in [6.45, 7) is 8.78. The zero-order valence-electron chi connectivity index (χ0n) is 16.2. The smallest absolute Gasteiger partial charge is 0.191 e. The molecule has 2 atom stereocenters. The molecule has 2 unspecified atom stereocenters. The molecule has 2 aliphatic rings. The van der Waals surface area contributed by atoms with E-state index < -0.39 is 0 Å². The Bertz CT molecular complexity index is 562. The Morgan fingerprint density at radius 3 is 2.62 bits per heavy atom. The van der Waals surface area contributed by atoms with Crippen LogP contribution in [0.25, 0.3) is 0 Å². The minimum absolute atomic E-state index is 0. The van der Waals surface area contributed by atoms with Crippen LogP contribution < -0.4 is 15.4 Å². The van der Waals surface area contributed by atoms with Crippen molar-refractivity contribution in [2.24, 2.45) is 10.9 Å². The fraction of sp³-hybridized carbons (Fsp3) is 0.650. The molecule has 0 saturated carbocycles. The van der Waals surface area contributed by atoms with E-state index in [1.807, 2.05) is 19.2 Å². The molecule has 2 N–H and O–H groups in total. The van der Waals surface area contributed by atoms with Gasteiger partial charge in [-0.2, -0.15) is 0 Å². The standard InChI is InChI=1S/C20H32N4O.HI/c1-15(2)18(24-10-6-7-11-24)14-23-20(21-3)22-13-17-12-16-8-4-5-9-19(16)25-17;/h4-5,8-9,15,17-18H,6-7,10-14H2,1-3H3,(H2,21,22,23);1H. The van der Waals surface area contributed by atoms with Crippen LogP contribution in [-0.2, 0) is 6.42 Å². The van der Waals surface area contributed by atoms with Gasteiger partial charge in [0, 0.05) is 26.1 Å². The topological polar surface area (TPSA) is 48.9 Å². The van der Waals surface area contributed by atoms with Crippen LogP contribution in [0, 0.1) is 5.92 Å². The normalized spacial score (nSPS) is 21.1. The van der Waals surface area contributed by atoms with Crippen molar-refractivity contribution in [3.8, 4) is 5.75 Å². The van der Waals surface area contributed by atoms with Crippen LogP contribution in [0.5, 0.6) is 5.75 Å². The molecule has 0 bridgehead atoms. The number of fused-ring (bicyclic) bond motifs is 1. The Labute approximate surface area is 175 Å². The molecule has 1 fully saturated rings. The summed E-state index contributed by atoms with van der Waals surface area (Å²) in [4.78, 5) is 6.99. The Hall–Kier alpha value is -1.02. The summed E-state index contributed by atoms with van der Waals surface area (Å²) in [5.41, 5.74) is 1.30. The molecule has 26 heavy (non-hydrogen) atoms. The fourth-order valence-corrected chi connectivity index (χ4v) is 3.86. The molecule has 1 aromatic rings. The number of nitrogens with zero attached hydrogens (tertiary/aromatic N) is 2. The van der Waals surface area contributed by atoms with Gasteiger partial charge < -0.3 is 15.4 Å². The van der Waals surface area contributed by atoms with Crippen molar-refractivity contribution >= 4 is 29.9 Å². The monoisotopic (exact) mass is 472 g/mol. The van der Waals surface area contributed by atoms with E-state index >= 15 is 0 Å². The minimum atomic E-state index is 0. The Morgan fingerprint density at radius 2 is 1.96 bits per heavy atom. The number of ether oxygens (including phenoxy) is 1. The van der Waals surface area contributed by atoms with Crippen molar-refractivity contribution < 1.29 is 4.74 Å². The number of para-hydroxylation sites is 1. The van der Waals surface area contributed by atoms with Crippen molar-refractivity contribution in [3.05, 3.63) is 29.8 Å². The van der Waals surface area contributed by atoms with E-state index in [2.05, 4.69) is 46.5 Å². The summed E-state index contributed by atoms with van der Waals surface area (Å²) in [5.74, 6) is 2.52. The van der Waals surface area contributed by atoms with Gasteiger partial charge in [-0.15, -0.1) is 24.0 Å². The lowest BCUT2D eigenvalue weighted by molar-refractivity contribution is 0.191. The maximum absolute atomic E-state index is 5.99. The SMILES string of the molecule is CN=C(NCC1Cc2ccccc2O1)NCC(C(C)C)N1CCCC1.I. The summed E-state index contributed by atoms with van der Waals surface area (Å²) < 4.78 is 5.99. The molecule has 2 aliphatic heterocycles. The van der Waals surface area contributed by atoms with E-state index in [1.54, 1.807) is 0 Å². The van der Waals surface area contributed by atoms with Crippen LogP contribution >= 0.6 is 24.0 Å². The second kappa shape index (κ2) is 10.3. The van der Waals surface area contributed by atoms with Crippen LogP contribution in [0.15, 0.2) is 29.3 Å². The molecular formula is C20H33IN4O. The van der Waals surface area contributed by atoms with Crippen LogP contribution in [-0.4, -0.2) is 56.2 Å². The number of hydrogen-bond acceptors (Lipinski definition) is 3. The molecule has 6 heteroatoms. The van der Waals surface area contributed by atoms with E-state index in [0.717, 1.165) is 31.2 Å². The van der Waals surface area contributed by atoms with Gasteiger partial charge in [0.1, 0.15) is 11.9 Å². The van der Waals surface area contributed by atoms with Crippen LogP contribution in [0.3, 0.4) is 0 Å². The summed E-state index contributed by atoms with van der Waals surface area (Å²) >= 11 is 0. The molecule has 0 amide bonds. The highest BCUT2D eigenvalue weighted by Gasteiger charge is 2.25. The van der Waals surface area contributed by atoms with Crippen LogP contribution in [0.1, 0.15) is 32.3 Å². The lowest BCUT2D eigenvalue weighted by atomic mass is 10.0. The number of guanidine groups is 1. The van der Waals surface area contributed by atoms with Gasteiger partial charge in [-0.1, -0.05) is 32.0 Å². The Kier molecular flexibility index (Phi) is 8.47. The Morgan fingerprint density at radius 1 is 1.23 bits per heavy atom. The van der Waals surface area contributed by atoms with Crippen LogP contribution in [0.2, 0.25) is 0 Å². The molecule has 0 radical (unpaired) electrons. The lowest BCUT2D eigenvalue weighted by Gasteiger charge is -2.31. The average molecular weight is 472 g/mol. The number of rotatable bonds is 6. The third-order valence-electron chi connectivity index (χ3n) is 5.29. The quantitative estimate of drug-likeness (QED) is 0.380. The maximum atomic E-state index is 5.99. The molecule has 2 heterocycles. The number of hydrogen-bond donors (Lipinski definition) is 2. The highest BCUT2D eigenvalue weighted by molar-refractivity contribution is 14.0. The zero-order valence-corrected chi connectivity index (χ0v) is 18.5. The third-order valence-corrected chi connectivity index (χ3v) is 5.29. The van der Waals surface area contributed by atoms with E-state index in [0.29, 0.717) is 12.0 Å². The van der Waals surface area contributed by atoms with E-state index in [1.165, 1.54) is 31.5 Å². The molecular weight excluding hydrogens is 439 g/mol. The van der Waals surface area contributed by atoms with E-state index in [9.17, 15) is 0 Å². The lowest BCUT2D eigenvalue weighted by Crippen LogP contribution is -2.49. The highest BCUT2D eigenvalue weighted by atomic mass is 127. The maximum Gasteiger partial charge on any atom is 0.191 e. The number of halogens is 1. The molecule has 5 nitrogen and oxygen atoms in total. The second-order valence-corrected chi connectivity index (χ2v) is 7.44. The predicted octanol–water partition coefficient (Wildman–Crippen LogP) is 2.89. The summed E-state index contributed by atoms with van der Waals surface area (Å²) in [6.07, 6.45) is 3.80. The summed E-state index contributed by atoms with van der Waals surface area (Å²) in [5, 5.41) is 6.94. The summed E-state index contributed by atoms with van der Waals surface area (Å²) in [7, 11) is 1.83. The summed E-state index contributed by atoms with van der Waals surface area (Å²) in [6, 6.07) is 8.85.